The van der Waals surface area contributed by atoms with Crippen molar-refractivity contribution in [2.75, 3.05) is 0 Å². The van der Waals surface area contributed by atoms with E-state index in [2.05, 4.69) is 89.5 Å². The molecule has 2 heterocycles. The van der Waals surface area contributed by atoms with Crippen LogP contribution in [0.3, 0.4) is 0 Å². The fraction of sp³-hybridized carbons (Fsp3) is 0.0541. The first-order chi connectivity index (χ1) is 20.7. The summed E-state index contributed by atoms with van der Waals surface area (Å²) in [6.07, 6.45) is -0.466. The highest BCUT2D eigenvalue weighted by Gasteiger charge is 2.28. The molecule has 5 heteroatoms. The van der Waals surface area contributed by atoms with Crippen LogP contribution >= 0.6 is 11.6 Å². The molecule has 0 fully saturated rings. The molecule has 0 aliphatic carbocycles. The van der Waals surface area contributed by atoms with Gasteiger partial charge >= 0.3 is 0 Å². The maximum atomic E-state index is 6.29. The van der Waals surface area contributed by atoms with Gasteiger partial charge < -0.3 is 9.73 Å². The molecule has 0 amide bonds. The molecule has 0 spiro atoms. The van der Waals surface area contributed by atoms with E-state index < -0.39 is 0 Å². The lowest BCUT2D eigenvalue weighted by Gasteiger charge is -2.32. The average molecular weight is 564 g/mol. The molecule has 2 unspecified atom stereocenters. The molecular formula is C37H26ClN3O. The zero-order valence-corrected chi connectivity index (χ0v) is 23.3. The van der Waals surface area contributed by atoms with E-state index in [1.54, 1.807) is 0 Å². The highest BCUT2D eigenvalue weighted by molar-refractivity contribution is 6.31. The van der Waals surface area contributed by atoms with Crippen molar-refractivity contribution in [3.05, 3.63) is 155 Å². The van der Waals surface area contributed by atoms with Gasteiger partial charge in [-0.3, -0.25) is 5.32 Å². The molecule has 1 aromatic heterocycles. The minimum Gasteiger partial charge on any atom is -0.456 e. The van der Waals surface area contributed by atoms with E-state index in [1.807, 2.05) is 54.6 Å². The SMILES string of the molecule is Clc1ccc2c(c1)oc1cccc(C3NC(c4ccccc4)=NC(c4ccc5cc(-c6ccccc6)ccc5c4)N3)c12. The van der Waals surface area contributed by atoms with Crippen LogP contribution in [0.5, 0.6) is 0 Å². The molecule has 6 aromatic carbocycles. The number of rotatable bonds is 4. The van der Waals surface area contributed by atoms with Crippen molar-refractivity contribution in [1.82, 2.24) is 10.6 Å². The minimum atomic E-state index is -0.257. The van der Waals surface area contributed by atoms with Gasteiger partial charge in [0.25, 0.3) is 0 Å². The zero-order chi connectivity index (χ0) is 28.0. The summed E-state index contributed by atoms with van der Waals surface area (Å²) in [6, 6.07) is 46.0. The van der Waals surface area contributed by atoms with Crippen molar-refractivity contribution in [3.63, 3.8) is 0 Å². The van der Waals surface area contributed by atoms with Crippen molar-refractivity contribution in [2.45, 2.75) is 12.3 Å². The van der Waals surface area contributed by atoms with Crippen LogP contribution in [0, 0.1) is 0 Å². The number of hydrogen-bond donors (Lipinski definition) is 2. The molecule has 7 aromatic rings. The third-order valence-corrected chi connectivity index (χ3v) is 8.24. The van der Waals surface area contributed by atoms with Crippen molar-refractivity contribution >= 4 is 50.1 Å². The summed E-state index contributed by atoms with van der Waals surface area (Å²) < 4.78 is 6.21. The van der Waals surface area contributed by atoms with Gasteiger partial charge in [-0.2, -0.15) is 0 Å². The van der Waals surface area contributed by atoms with Crippen molar-refractivity contribution < 1.29 is 4.42 Å². The highest BCUT2D eigenvalue weighted by atomic mass is 35.5. The second-order valence-electron chi connectivity index (χ2n) is 10.6. The first-order valence-corrected chi connectivity index (χ1v) is 14.4. The second-order valence-corrected chi connectivity index (χ2v) is 11.1. The fourth-order valence-corrected chi connectivity index (χ4v) is 6.11. The van der Waals surface area contributed by atoms with E-state index >= 15 is 0 Å². The van der Waals surface area contributed by atoms with Crippen LogP contribution in [0.15, 0.2) is 143 Å². The van der Waals surface area contributed by atoms with Gasteiger partial charge in [0.1, 0.15) is 29.3 Å². The van der Waals surface area contributed by atoms with Gasteiger partial charge in [-0.05, 0) is 57.8 Å². The quantitative estimate of drug-likeness (QED) is 0.224. The van der Waals surface area contributed by atoms with Crippen LogP contribution in [0.4, 0.5) is 0 Å². The molecule has 0 radical (unpaired) electrons. The molecule has 0 saturated carbocycles. The lowest BCUT2D eigenvalue weighted by molar-refractivity contribution is 0.411. The summed E-state index contributed by atoms with van der Waals surface area (Å²) in [5.74, 6) is 0.844. The van der Waals surface area contributed by atoms with E-state index in [4.69, 9.17) is 21.0 Å². The first kappa shape index (κ1) is 24.9. The Kier molecular flexibility index (Phi) is 6.03. The van der Waals surface area contributed by atoms with E-state index in [9.17, 15) is 0 Å². The molecule has 8 rings (SSSR count). The van der Waals surface area contributed by atoms with Gasteiger partial charge in [-0.15, -0.1) is 0 Å². The summed E-state index contributed by atoms with van der Waals surface area (Å²) in [5.41, 5.74) is 7.26. The van der Waals surface area contributed by atoms with Crippen molar-refractivity contribution in [2.24, 2.45) is 4.99 Å². The maximum Gasteiger partial charge on any atom is 0.136 e. The van der Waals surface area contributed by atoms with E-state index in [1.165, 1.54) is 21.9 Å². The average Bonchev–Trinajstić information content (AvgIpc) is 3.42. The Labute approximate surface area is 248 Å². The predicted octanol–water partition coefficient (Wildman–Crippen LogP) is 9.40. The summed E-state index contributed by atoms with van der Waals surface area (Å²) in [4.78, 5) is 5.17. The third kappa shape index (κ3) is 4.42. The normalized spacial score (nSPS) is 16.9. The Morgan fingerprint density at radius 1 is 0.619 bits per heavy atom. The van der Waals surface area contributed by atoms with Crippen molar-refractivity contribution in [1.29, 1.82) is 0 Å². The molecule has 0 bridgehead atoms. The smallest absolute Gasteiger partial charge is 0.136 e. The number of aliphatic imine (C=N–C) groups is 1. The largest absolute Gasteiger partial charge is 0.456 e. The Hall–Kier alpha value is -4.90. The summed E-state index contributed by atoms with van der Waals surface area (Å²) in [7, 11) is 0. The Bertz CT molecular complexity index is 2120. The fourth-order valence-electron chi connectivity index (χ4n) is 5.94. The Morgan fingerprint density at radius 3 is 2.21 bits per heavy atom. The molecule has 1 aliphatic rings. The monoisotopic (exact) mass is 563 g/mol. The molecule has 2 N–H and O–H groups in total. The van der Waals surface area contributed by atoms with Crippen LogP contribution in [-0.4, -0.2) is 5.84 Å². The highest BCUT2D eigenvalue weighted by Crippen LogP contribution is 2.37. The molecule has 202 valence electrons. The van der Waals surface area contributed by atoms with Crippen LogP contribution in [-0.2, 0) is 0 Å². The Morgan fingerprint density at radius 2 is 1.38 bits per heavy atom. The number of furan rings is 1. The topological polar surface area (TPSA) is 49.6 Å². The zero-order valence-electron chi connectivity index (χ0n) is 22.6. The molecular weight excluding hydrogens is 538 g/mol. The lowest BCUT2D eigenvalue weighted by Crippen LogP contribution is -2.45. The third-order valence-electron chi connectivity index (χ3n) is 8.00. The van der Waals surface area contributed by atoms with E-state index in [0.29, 0.717) is 5.02 Å². The minimum absolute atomic E-state index is 0.209. The standard InChI is InChI=1S/C37H26ClN3O/c38-29-18-19-30-33(22-29)42-32-13-7-12-31(34(30)32)37-40-35(24-10-5-2-6-11-24)39-36(41-37)28-17-16-26-20-25(14-15-27(26)21-28)23-8-3-1-4-9-23/h1-22,36-37,41H,(H,39,40). The van der Waals surface area contributed by atoms with Crippen molar-refractivity contribution in [3.8, 4) is 11.1 Å². The predicted molar refractivity (Wildman–Crippen MR) is 173 cm³/mol. The van der Waals surface area contributed by atoms with E-state index in [0.717, 1.165) is 44.5 Å². The summed E-state index contributed by atoms with van der Waals surface area (Å²) in [5, 5.41) is 12.6. The lowest BCUT2D eigenvalue weighted by atomic mass is 9.98. The van der Waals surface area contributed by atoms with Gasteiger partial charge in [0.05, 0.1) is 0 Å². The molecule has 1 aliphatic heterocycles. The first-order valence-electron chi connectivity index (χ1n) is 14.1. The van der Waals surface area contributed by atoms with Gasteiger partial charge in [0.15, 0.2) is 0 Å². The van der Waals surface area contributed by atoms with Crippen LogP contribution in [0.25, 0.3) is 43.8 Å². The number of halogens is 1. The van der Waals surface area contributed by atoms with Gasteiger partial charge in [0.2, 0.25) is 0 Å². The molecule has 42 heavy (non-hydrogen) atoms. The Balaban J connectivity index is 1.22. The van der Waals surface area contributed by atoms with Crippen LogP contribution < -0.4 is 10.6 Å². The number of nitrogens with one attached hydrogen (secondary N) is 2. The van der Waals surface area contributed by atoms with Crippen LogP contribution in [0.2, 0.25) is 5.02 Å². The van der Waals surface area contributed by atoms with Gasteiger partial charge in [-0.25, -0.2) is 4.99 Å². The van der Waals surface area contributed by atoms with Crippen LogP contribution in [0.1, 0.15) is 29.0 Å². The number of nitrogens with zero attached hydrogens (tertiary/aromatic N) is 1. The number of hydrogen-bond acceptors (Lipinski definition) is 4. The summed E-state index contributed by atoms with van der Waals surface area (Å²) >= 11 is 6.29. The summed E-state index contributed by atoms with van der Waals surface area (Å²) in [6.45, 7) is 0. The van der Waals surface area contributed by atoms with E-state index in [-0.39, 0.29) is 12.3 Å². The number of benzene rings is 6. The second kappa shape index (κ2) is 10.2. The number of amidine groups is 1. The molecule has 2 atom stereocenters. The number of fused-ring (bicyclic) bond motifs is 4. The van der Waals surface area contributed by atoms with Gasteiger partial charge in [-0.1, -0.05) is 109 Å². The van der Waals surface area contributed by atoms with Gasteiger partial charge in [0, 0.05) is 33.0 Å². The molecule has 4 nitrogen and oxygen atoms in total. The maximum absolute atomic E-state index is 6.29. The molecule has 0 saturated heterocycles.